The number of rotatable bonds is 6. The van der Waals surface area contributed by atoms with Crippen molar-refractivity contribution in [2.45, 2.75) is 15.2 Å². The van der Waals surface area contributed by atoms with Crippen molar-refractivity contribution >= 4 is 39.6 Å². The topological polar surface area (TPSA) is 3.24 Å². The van der Waals surface area contributed by atoms with Crippen LogP contribution in [0.5, 0.6) is 0 Å². The lowest BCUT2D eigenvalue weighted by atomic mass is 9.67. The van der Waals surface area contributed by atoms with Gasteiger partial charge in [0.1, 0.15) is 0 Å². The zero-order chi connectivity index (χ0) is 40.3. The number of anilines is 3. The molecule has 1 heterocycles. The molecule has 0 fully saturated rings. The molecule has 0 N–H and O–H groups in total. The van der Waals surface area contributed by atoms with Crippen LogP contribution < -0.4 is 4.90 Å². The molecule has 286 valence electrons. The zero-order valence-corrected chi connectivity index (χ0v) is 34.2. The molecule has 61 heavy (non-hydrogen) atoms. The maximum Gasteiger partial charge on any atom is 0.0736 e. The van der Waals surface area contributed by atoms with Gasteiger partial charge in [-0.3, -0.25) is 0 Å². The smallest absolute Gasteiger partial charge is 0.0736 e. The Bertz CT molecular complexity index is 3220. The Kier molecular flexibility index (Phi) is 8.40. The second kappa shape index (κ2) is 14.4. The van der Waals surface area contributed by atoms with Crippen LogP contribution in [0.2, 0.25) is 0 Å². The van der Waals surface area contributed by atoms with E-state index in [0.717, 1.165) is 17.1 Å². The summed E-state index contributed by atoms with van der Waals surface area (Å²) >= 11 is 1.90. The van der Waals surface area contributed by atoms with Gasteiger partial charge in [-0.2, -0.15) is 0 Å². The normalized spacial score (nSPS) is 13.0. The Morgan fingerprint density at radius 3 is 1.44 bits per heavy atom. The van der Waals surface area contributed by atoms with Crippen molar-refractivity contribution in [1.29, 1.82) is 0 Å². The Balaban J connectivity index is 1.13. The van der Waals surface area contributed by atoms with E-state index in [1.54, 1.807) is 0 Å². The van der Waals surface area contributed by atoms with Gasteiger partial charge in [-0.15, -0.1) is 0 Å². The number of nitrogens with zero attached hydrogens (tertiary/aromatic N) is 1. The van der Waals surface area contributed by atoms with Gasteiger partial charge in [-0.1, -0.05) is 194 Å². The standard InChI is InChI=1S/C59H39NS/c1-4-16-40(17-5-1)42-28-31-47(32-29-42)60(56-34-30-46(41-18-6-2-7-19-41)36-51(56)43-20-8-3-9-21-43)48-33-35-57-55(39-48)59(54-37-44-22-10-11-23-45(44)38-58(54)61-57)52-26-14-12-24-49(52)50-25-13-15-27-53(50)59/h1-39H. The number of benzene rings is 10. The third-order valence-corrected chi connectivity index (χ3v) is 13.8. The summed E-state index contributed by atoms with van der Waals surface area (Å²) in [4.78, 5) is 5.06. The minimum absolute atomic E-state index is 0.522. The van der Waals surface area contributed by atoms with Crippen molar-refractivity contribution < 1.29 is 0 Å². The molecule has 1 aliphatic heterocycles. The van der Waals surface area contributed by atoms with Gasteiger partial charge in [0.25, 0.3) is 0 Å². The van der Waals surface area contributed by atoms with Crippen LogP contribution in [0.3, 0.4) is 0 Å². The molecular weight excluding hydrogens is 755 g/mol. The summed E-state index contributed by atoms with van der Waals surface area (Å²) < 4.78 is 0. The predicted molar refractivity (Wildman–Crippen MR) is 256 cm³/mol. The SMILES string of the molecule is c1ccc(-c2ccc(N(c3ccc4c(c3)C3(c5cc6ccccc6cc5S4)c4ccccc4-c4ccccc43)c3ccc(-c4ccccc4)cc3-c3ccccc3)cc2)cc1. The third kappa shape index (κ3) is 5.71. The van der Waals surface area contributed by atoms with Gasteiger partial charge in [0.05, 0.1) is 11.1 Å². The first-order chi connectivity index (χ1) is 30.2. The highest BCUT2D eigenvalue weighted by Gasteiger charge is 2.50. The van der Waals surface area contributed by atoms with Gasteiger partial charge in [-0.05, 0) is 127 Å². The van der Waals surface area contributed by atoms with E-state index in [0.29, 0.717) is 0 Å². The van der Waals surface area contributed by atoms with E-state index in [-0.39, 0.29) is 0 Å². The molecule has 1 spiro atoms. The summed E-state index contributed by atoms with van der Waals surface area (Å²) in [5, 5.41) is 2.52. The van der Waals surface area contributed by atoms with E-state index in [1.807, 2.05) is 11.8 Å². The van der Waals surface area contributed by atoms with E-state index in [9.17, 15) is 0 Å². The molecule has 10 aromatic carbocycles. The predicted octanol–water partition coefficient (Wildman–Crippen LogP) is 16.1. The molecular formula is C59H39NS. The Morgan fingerprint density at radius 1 is 0.295 bits per heavy atom. The molecule has 12 rings (SSSR count). The van der Waals surface area contributed by atoms with Crippen LogP contribution in [0.4, 0.5) is 17.1 Å². The molecule has 0 bridgehead atoms. The quantitative estimate of drug-likeness (QED) is 0.165. The maximum atomic E-state index is 2.50. The first-order valence-corrected chi connectivity index (χ1v) is 21.8. The number of fused-ring (bicyclic) bond motifs is 10. The molecule has 0 saturated heterocycles. The molecule has 0 atom stereocenters. The van der Waals surface area contributed by atoms with E-state index in [4.69, 9.17) is 0 Å². The van der Waals surface area contributed by atoms with Gasteiger partial charge in [0.2, 0.25) is 0 Å². The zero-order valence-electron chi connectivity index (χ0n) is 33.4. The molecule has 2 heteroatoms. The number of hydrogen-bond donors (Lipinski definition) is 0. The van der Waals surface area contributed by atoms with Gasteiger partial charge in [0.15, 0.2) is 0 Å². The first kappa shape index (κ1) is 35.5. The lowest BCUT2D eigenvalue weighted by molar-refractivity contribution is 0.724. The van der Waals surface area contributed by atoms with Crippen molar-refractivity contribution in [3.8, 4) is 44.5 Å². The minimum Gasteiger partial charge on any atom is -0.310 e. The molecule has 0 radical (unpaired) electrons. The monoisotopic (exact) mass is 793 g/mol. The molecule has 2 aliphatic rings. The summed E-state index contributed by atoms with van der Waals surface area (Å²) in [6.45, 7) is 0. The van der Waals surface area contributed by atoms with E-state index >= 15 is 0 Å². The fourth-order valence-corrected chi connectivity index (χ4v) is 11.2. The maximum absolute atomic E-state index is 2.50. The molecule has 0 saturated carbocycles. The Hall–Kier alpha value is -7.39. The fourth-order valence-electron chi connectivity index (χ4n) is 9.97. The highest BCUT2D eigenvalue weighted by Crippen LogP contribution is 2.63. The molecule has 1 aliphatic carbocycles. The number of hydrogen-bond acceptors (Lipinski definition) is 2. The van der Waals surface area contributed by atoms with Gasteiger partial charge >= 0.3 is 0 Å². The molecule has 0 aromatic heterocycles. The minimum atomic E-state index is -0.522. The highest BCUT2D eigenvalue weighted by atomic mass is 32.2. The highest BCUT2D eigenvalue weighted by molar-refractivity contribution is 7.99. The summed E-state index contributed by atoms with van der Waals surface area (Å²) in [6, 6.07) is 87.4. The van der Waals surface area contributed by atoms with Crippen LogP contribution in [-0.2, 0) is 5.41 Å². The summed E-state index contributed by atoms with van der Waals surface area (Å²) in [5.41, 5.74) is 17.9. The van der Waals surface area contributed by atoms with Crippen molar-refractivity contribution in [3.05, 3.63) is 259 Å². The average molecular weight is 794 g/mol. The van der Waals surface area contributed by atoms with Crippen molar-refractivity contribution in [3.63, 3.8) is 0 Å². The van der Waals surface area contributed by atoms with Crippen LogP contribution in [-0.4, -0.2) is 0 Å². The Labute approximate surface area is 361 Å². The summed E-state index contributed by atoms with van der Waals surface area (Å²) in [6.07, 6.45) is 0. The second-order valence-electron chi connectivity index (χ2n) is 16.0. The van der Waals surface area contributed by atoms with Crippen LogP contribution >= 0.6 is 11.8 Å². The van der Waals surface area contributed by atoms with Crippen LogP contribution in [0.15, 0.2) is 246 Å². The van der Waals surface area contributed by atoms with Crippen LogP contribution in [0.1, 0.15) is 22.3 Å². The second-order valence-corrected chi connectivity index (χ2v) is 17.1. The van der Waals surface area contributed by atoms with Crippen molar-refractivity contribution in [1.82, 2.24) is 0 Å². The van der Waals surface area contributed by atoms with Gasteiger partial charge < -0.3 is 4.90 Å². The first-order valence-electron chi connectivity index (χ1n) is 21.0. The van der Waals surface area contributed by atoms with E-state index in [1.165, 1.54) is 87.3 Å². The van der Waals surface area contributed by atoms with Crippen molar-refractivity contribution in [2.75, 3.05) is 4.90 Å². The fraction of sp³-hybridized carbons (Fsp3) is 0.0169. The lowest BCUT2D eigenvalue weighted by Crippen LogP contribution is -2.32. The van der Waals surface area contributed by atoms with Crippen molar-refractivity contribution in [2.24, 2.45) is 0 Å². The average Bonchev–Trinajstić information content (AvgIpc) is 3.63. The molecule has 10 aromatic rings. The largest absolute Gasteiger partial charge is 0.310 e. The summed E-state index contributed by atoms with van der Waals surface area (Å²) in [5.74, 6) is 0. The van der Waals surface area contributed by atoms with Gasteiger partial charge in [-0.25, -0.2) is 0 Å². The molecule has 1 nitrogen and oxygen atoms in total. The van der Waals surface area contributed by atoms with E-state index < -0.39 is 5.41 Å². The molecule has 0 amide bonds. The Morgan fingerprint density at radius 2 is 0.787 bits per heavy atom. The summed E-state index contributed by atoms with van der Waals surface area (Å²) in [7, 11) is 0. The van der Waals surface area contributed by atoms with Crippen LogP contribution in [0.25, 0.3) is 55.3 Å². The van der Waals surface area contributed by atoms with Crippen LogP contribution in [0, 0.1) is 0 Å². The van der Waals surface area contributed by atoms with E-state index in [2.05, 4.69) is 241 Å². The van der Waals surface area contributed by atoms with Gasteiger partial charge in [0, 0.05) is 26.7 Å². The lowest BCUT2D eigenvalue weighted by Gasteiger charge is -2.41. The third-order valence-electron chi connectivity index (χ3n) is 12.7. The molecule has 0 unspecified atom stereocenters.